The molecule has 0 saturated carbocycles. The minimum Gasteiger partial charge on any atom is -0.508 e. The van der Waals surface area contributed by atoms with Gasteiger partial charge in [-0.05, 0) is 52.2 Å². The van der Waals surface area contributed by atoms with Gasteiger partial charge in [0.25, 0.3) is 0 Å². The van der Waals surface area contributed by atoms with Gasteiger partial charge in [0, 0.05) is 6.54 Å². The number of aryl methyl sites for hydroxylation is 1. The lowest BCUT2D eigenvalue weighted by Gasteiger charge is -2.05. The van der Waals surface area contributed by atoms with Gasteiger partial charge in [0.1, 0.15) is 9.96 Å². The molecule has 1 aromatic carbocycles. The zero-order chi connectivity index (χ0) is 14.0. The molecular formula is C12H12BrNO3S2. The quantitative estimate of drug-likeness (QED) is 0.879. The summed E-state index contributed by atoms with van der Waals surface area (Å²) in [4.78, 5) is 0. The molecule has 1 heterocycles. The van der Waals surface area contributed by atoms with E-state index in [9.17, 15) is 13.5 Å². The highest BCUT2D eigenvalue weighted by Crippen LogP contribution is 2.30. The first kappa shape index (κ1) is 14.5. The maximum absolute atomic E-state index is 12.1. The second kappa shape index (κ2) is 5.62. The van der Waals surface area contributed by atoms with E-state index >= 15 is 0 Å². The van der Waals surface area contributed by atoms with Gasteiger partial charge < -0.3 is 5.11 Å². The van der Waals surface area contributed by atoms with E-state index in [1.165, 1.54) is 23.5 Å². The fourth-order valence-electron chi connectivity index (χ4n) is 1.48. The maximum atomic E-state index is 12.1. The summed E-state index contributed by atoms with van der Waals surface area (Å²) in [5.41, 5.74) is 1.60. The molecule has 0 atom stereocenters. The summed E-state index contributed by atoms with van der Waals surface area (Å²) in [7, 11) is -3.52. The van der Waals surface area contributed by atoms with Crippen molar-refractivity contribution in [1.29, 1.82) is 0 Å². The number of phenols is 1. The Morgan fingerprint density at radius 1 is 1.37 bits per heavy atom. The van der Waals surface area contributed by atoms with Gasteiger partial charge in [-0.25, -0.2) is 13.1 Å². The molecule has 0 aliphatic carbocycles. The van der Waals surface area contributed by atoms with Crippen molar-refractivity contribution in [3.8, 4) is 5.75 Å². The maximum Gasteiger partial charge on any atom is 0.250 e. The summed E-state index contributed by atoms with van der Waals surface area (Å²) in [5, 5.41) is 9.32. The molecule has 2 N–H and O–H groups in total. The van der Waals surface area contributed by atoms with Gasteiger partial charge in [0.05, 0.1) is 3.79 Å². The molecule has 4 nitrogen and oxygen atoms in total. The number of benzene rings is 1. The van der Waals surface area contributed by atoms with Crippen LogP contribution in [0.3, 0.4) is 0 Å². The Bertz CT molecular complexity index is 675. The Hall–Kier alpha value is -0.890. The summed E-state index contributed by atoms with van der Waals surface area (Å²) in [5.74, 6) is 0.117. The predicted octanol–water partition coefficient (Wildman–Crippen LogP) is 3.00. The van der Waals surface area contributed by atoms with Gasteiger partial charge in [0.15, 0.2) is 0 Å². The number of rotatable bonds is 4. The monoisotopic (exact) mass is 361 g/mol. The SMILES string of the molecule is Cc1cc(S(=O)(=O)NCc2cccc(O)c2)sc1Br. The van der Waals surface area contributed by atoms with Crippen LogP contribution >= 0.6 is 27.3 Å². The van der Waals surface area contributed by atoms with Crippen LogP contribution in [0, 0.1) is 6.92 Å². The molecule has 0 aliphatic rings. The van der Waals surface area contributed by atoms with Crippen molar-refractivity contribution < 1.29 is 13.5 Å². The fraction of sp³-hybridized carbons (Fsp3) is 0.167. The van der Waals surface area contributed by atoms with Crippen molar-refractivity contribution in [3.63, 3.8) is 0 Å². The molecule has 1 aromatic heterocycles. The van der Waals surface area contributed by atoms with E-state index in [1.54, 1.807) is 18.2 Å². The molecular weight excluding hydrogens is 350 g/mol. The summed E-state index contributed by atoms with van der Waals surface area (Å²) < 4.78 is 27.7. The van der Waals surface area contributed by atoms with Gasteiger partial charge in [-0.2, -0.15) is 0 Å². The third kappa shape index (κ3) is 3.56. The molecule has 0 spiro atoms. The second-order valence-corrected chi connectivity index (χ2v) is 8.38. The van der Waals surface area contributed by atoms with Crippen LogP contribution in [0.25, 0.3) is 0 Å². The van der Waals surface area contributed by atoms with Crippen LogP contribution in [0.5, 0.6) is 5.75 Å². The van der Waals surface area contributed by atoms with E-state index < -0.39 is 10.0 Å². The highest BCUT2D eigenvalue weighted by molar-refractivity contribution is 9.11. The van der Waals surface area contributed by atoms with Gasteiger partial charge in [-0.15, -0.1) is 11.3 Å². The van der Waals surface area contributed by atoms with Crippen LogP contribution < -0.4 is 4.72 Å². The fourth-order valence-corrected chi connectivity index (χ4v) is 4.77. The van der Waals surface area contributed by atoms with E-state index in [2.05, 4.69) is 20.7 Å². The Balaban J connectivity index is 2.14. The van der Waals surface area contributed by atoms with Gasteiger partial charge in [-0.3, -0.25) is 0 Å². The third-order valence-electron chi connectivity index (χ3n) is 2.48. The van der Waals surface area contributed by atoms with Crippen LogP contribution in [-0.2, 0) is 16.6 Å². The number of halogens is 1. The van der Waals surface area contributed by atoms with Crippen LogP contribution in [0.2, 0.25) is 0 Å². The number of thiophene rings is 1. The van der Waals surface area contributed by atoms with Crippen molar-refractivity contribution in [1.82, 2.24) is 4.72 Å². The van der Waals surface area contributed by atoms with Crippen molar-refractivity contribution in [2.45, 2.75) is 17.7 Å². The average Bonchev–Trinajstić information content (AvgIpc) is 2.68. The van der Waals surface area contributed by atoms with E-state index in [1.807, 2.05) is 6.92 Å². The van der Waals surface area contributed by atoms with E-state index in [4.69, 9.17) is 0 Å². The van der Waals surface area contributed by atoms with Crippen LogP contribution in [0.15, 0.2) is 38.3 Å². The van der Waals surface area contributed by atoms with Crippen molar-refractivity contribution in [2.24, 2.45) is 0 Å². The number of aromatic hydroxyl groups is 1. The Labute approximate surface area is 124 Å². The average molecular weight is 362 g/mol. The number of sulfonamides is 1. The highest BCUT2D eigenvalue weighted by Gasteiger charge is 2.17. The normalized spacial score (nSPS) is 11.7. The summed E-state index contributed by atoms with van der Waals surface area (Å²) in [6.45, 7) is 1.99. The lowest BCUT2D eigenvalue weighted by molar-refractivity contribution is 0.474. The first-order chi connectivity index (χ1) is 8.88. The van der Waals surface area contributed by atoms with Crippen LogP contribution in [0.1, 0.15) is 11.1 Å². The molecule has 0 amide bonds. The molecule has 0 fully saturated rings. The Kier molecular flexibility index (Phi) is 4.29. The predicted molar refractivity (Wildman–Crippen MR) is 78.9 cm³/mol. The Morgan fingerprint density at radius 2 is 2.11 bits per heavy atom. The van der Waals surface area contributed by atoms with Gasteiger partial charge in [-0.1, -0.05) is 12.1 Å². The molecule has 0 aliphatic heterocycles. The van der Waals surface area contributed by atoms with Crippen LogP contribution in [0.4, 0.5) is 0 Å². The molecule has 0 radical (unpaired) electrons. The van der Waals surface area contributed by atoms with E-state index in [0.717, 1.165) is 9.35 Å². The first-order valence-electron chi connectivity index (χ1n) is 5.42. The largest absolute Gasteiger partial charge is 0.508 e. The van der Waals surface area contributed by atoms with Gasteiger partial charge >= 0.3 is 0 Å². The van der Waals surface area contributed by atoms with Crippen LogP contribution in [-0.4, -0.2) is 13.5 Å². The zero-order valence-corrected chi connectivity index (χ0v) is 13.3. The lowest BCUT2D eigenvalue weighted by atomic mass is 10.2. The molecule has 0 unspecified atom stereocenters. The molecule has 0 saturated heterocycles. The summed E-state index contributed by atoms with van der Waals surface area (Å²) in [6, 6.07) is 8.11. The van der Waals surface area contributed by atoms with Crippen molar-refractivity contribution >= 4 is 37.3 Å². The molecule has 0 bridgehead atoms. The molecule has 19 heavy (non-hydrogen) atoms. The third-order valence-corrected chi connectivity index (χ3v) is 6.49. The number of hydrogen-bond acceptors (Lipinski definition) is 4. The van der Waals surface area contributed by atoms with Crippen molar-refractivity contribution in [2.75, 3.05) is 0 Å². The summed E-state index contributed by atoms with van der Waals surface area (Å²) >= 11 is 4.48. The number of hydrogen-bond donors (Lipinski definition) is 2. The minimum absolute atomic E-state index is 0.117. The minimum atomic E-state index is -3.52. The van der Waals surface area contributed by atoms with Gasteiger partial charge in [0.2, 0.25) is 10.0 Å². The zero-order valence-electron chi connectivity index (χ0n) is 10.1. The lowest BCUT2D eigenvalue weighted by Crippen LogP contribution is -2.22. The molecule has 2 aromatic rings. The van der Waals surface area contributed by atoms with E-state index in [0.29, 0.717) is 5.56 Å². The number of nitrogens with one attached hydrogen (secondary N) is 1. The molecule has 7 heteroatoms. The summed E-state index contributed by atoms with van der Waals surface area (Å²) in [6.07, 6.45) is 0. The van der Waals surface area contributed by atoms with E-state index in [-0.39, 0.29) is 16.5 Å². The highest BCUT2D eigenvalue weighted by atomic mass is 79.9. The second-order valence-electron chi connectivity index (χ2n) is 4.02. The van der Waals surface area contributed by atoms with Crippen molar-refractivity contribution in [3.05, 3.63) is 45.2 Å². The standard InChI is InChI=1S/C12H12BrNO3S2/c1-8-5-11(18-12(8)13)19(16,17)14-7-9-3-2-4-10(15)6-9/h2-6,14-15H,7H2,1H3. The topological polar surface area (TPSA) is 66.4 Å². The molecule has 102 valence electrons. The number of phenolic OH excluding ortho intramolecular Hbond substituents is 1. The first-order valence-corrected chi connectivity index (χ1v) is 8.51. The molecule has 2 rings (SSSR count). The smallest absolute Gasteiger partial charge is 0.250 e. The Morgan fingerprint density at radius 3 is 2.68 bits per heavy atom.